The fourth-order valence-corrected chi connectivity index (χ4v) is 4.43. The van der Waals surface area contributed by atoms with Gasteiger partial charge in [0.1, 0.15) is 0 Å². The van der Waals surface area contributed by atoms with Gasteiger partial charge in [0.25, 0.3) is 0 Å². The largest absolute Gasteiger partial charge is 0.350 e. The number of rotatable bonds is 5. The number of carbonyl (C=O) groups is 1. The van der Waals surface area contributed by atoms with Gasteiger partial charge in [-0.2, -0.15) is 5.10 Å². The number of nitrogens with one attached hydrogen (secondary N) is 1. The van der Waals surface area contributed by atoms with Crippen LogP contribution in [0.5, 0.6) is 0 Å². The third-order valence-electron chi connectivity index (χ3n) is 5.84. The number of aromatic nitrogens is 2. The van der Waals surface area contributed by atoms with Crippen molar-refractivity contribution >= 4 is 5.91 Å². The average Bonchev–Trinajstić information content (AvgIpc) is 2.97. The molecule has 0 saturated carbocycles. The van der Waals surface area contributed by atoms with Crippen molar-refractivity contribution in [3.63, 3.8) is 0 Å². The lowest BCUT2D eigenvalue weighted by molar-refractivity contribution is -0.125. The molecule has 1 amide bonds. The summed E-state index contributed by atoms with van der Waals surface area (Å²) in [5, 5.41) is 7.87. The minimum Gasteiger partial charge on any atom is -0.350 e. The first kappa shape index (κ1) is 18.2. The van der Waals surface area contributed by atoms with Crippen LogP contribution >= 0.6 is 0 Å². The van der Waals surface area contributed by atoms with Crippen LogP contribution in [0.1, 0.15) is 48.7 Å². The van der Waals surface area contributed by atoms with E-state index in [1.807, 2.05) is 0 Å². The van der Waals surface area contributed by atoms with Gasteiger partial charge in [-0.25, -0.2) is 0 Å². The standard InChI is InChI=1S/C22H30N4O/c1-2-10-25-11-5-12-26-21(16-25)14-20(24-26)15-23-22(27)19-9-8-17-6-3-4-7-18(17)13-19/h3-4,6-7,14,19H,2,5,8-13,15-16H2,1H3,(H,23,27)/t19-/m0/s1. The highest BCUT2D eigenvalue weighted by atomic mass is 16.1. The van der Waals surface area contributed by atoms with Gasteiger partial charge >= 0.3 is 0 Å². The van der Waals surface area contributed by atoms with Gasteiger partial charge in [-0.1, -0.05) is 31.2 Å². The van der Waals surface area contributed by atoms with Gasteiger partial charge in [0, 0.05) is 25.6 Å². The molecule has 1 aliphatic heterocycles. The van der Waals surface area contributed by atoms with Crippen LogP contribution in [0.15, 0.2) is 30.3 Å². The molecule has 0 saturated heterocycles. The lowest BCUT2D eigenvalue weighted by Gasteiger charge is -2.23. The van der Waals surface area contributed by atoms with Crippen molar-refractivity contribution in [2.75, 3.05) is 13.1 Å². The van der Waals surface area contributed by atoms with Crippen molar-refractivity contribution in [3.8, 4) is 0 Å². The first-order valence-electron chi connectivity index (χ1n) is 10.4. The van der Waals surface area contributed by atoms with Crippen LogP contribution in [-0.4, -0.2) is 33.7 Å². The minimum atomic E-state index is 0.0837. The van der Waals surface area contributed by atoms with E-state index in [1.165, 1.54) is 23.2 Å². The second-order valence-electron chi connectivity index (χ2n) is 7.91. The van der Waals surface area contributed by atoms with Crippen LogP contribution < -0.4 is 5.32 Å². The van der Waals surface area contributed by atoms with Crippen molar-refractivity contribution in [2.24, 2.45) is 5.92 Å². The van der Waals surface area contributed by atoms with Crippen LogP contribution in [0.3, 0.4) is 0 Å². The Labute approximate surface area is 161 Å². The van der Waals surface area contributed by atoms with Gasteiger partial charge in [0.15, 0.2) is 0 Å². The van der Waals surface area contributed by atoms with Crippen molar-refractivity contribution in [1.29, 1.82) is 0 Å². The van der Waals surface area contributed by atoms with E-state index < -0.39 is 0 Å². The van der Waals surface area contributed by atoms with Crippen LogP contribution in [0.4, 0.5) is 0 Å². The predicted molar refractivity (Wildman–Crippen MR) is 106 cm³/mol. The lowest BCUT2D eigenvalue weighted by Crippen LogP contribution is -2.33. The molecule has 0 fully saturated rings. The van der Waals surface area contributed by atoms with Crippen molar-refractivity contribution in [2.45, 2.75) is 58.7 Å². The number of hydrogen-bond acceptors (Lipinski definition) is 3. The molecule has 2 aliphatic rings. The van der Waals surface area contributed by atoms with Gasteiger partial charge in [-0.3, -0.25) is 14.4 Å². The topological polar surface area (TPSA) is 50.2 Å². The molecule has 0 bridgehead atoms. The molecule has 0 radical (unpaired) electrons. The highest BCUT2D eigenvalue weighted by molar-refractivity contribution is 5.79. The molecule has 5 heteroatoms. The molecule has 1 aliphatic carbocycles. The molecule has 0 spiro atoms. The Morgan fingerprint density at radius 1 is 1.26 bits per heavy atom. The summed E-state index contributed by atoms with van der Waals surface area (Å²) in [5.41, 5.74) is 4.98. The van der Waals surface area contributed by atoms with Crippen LogP contribution in [0.2, 0.25) is 0 Å². The second-order valence-corrected chi connectivity index (χ2v) is 7.91. The van der Waals surface area contributed by atoms with E-state index in [0.717, 1.165) is 57.6 Å². The molecule has 2 aromatic rings. The SMILES string of the molecule is CCCN1CCCn2nc(CNC(=O)[C@H]3CCc4ccccc4C3)cc2C1. The van der Waals surface area contributed by atoms with E-state index in [-0.39, 0.29) is 11.8 Å². The Balaban J connectivity index is 1.34. The third-order valence-corrected chi connectivity index (χ3v) is 5.84. The molecule has 1 N–H and O–H groups in total. The number of aryl methyl sites for hydroxylation is 2. The van der Waals surface area contributed by atoms with Gasteiger partial charge in [-0.15, -0.1) is 0 Å². The van der Waals surface area contributed by atoms with Crippen LogP contribution in [0, 0.1) is 5.92 Å². The number of amides is 1. The summed E-state index contributed by atoms with van der Waals surface area (Å²) in [6.07, 6.45) is 5.12. The Kier molecular flexibility index (Phi) is 5.58. The summed E-state index contributed by atoms with van der Waals surface area (Å²) in [5.74, 6) is 0.251. The fourth-order valence-electron chi connectivity index (χ4n) is 4.43. The van der Waals surface area contributed by atoms with E-state index >= 15 is 0 Å². The maximum Gasteiger partial charge on any atom is 0.223 e. The minimum absolute atomic E-state index is 0.0837. The normalized spacial score (nSPS) is 19.8. The maximum atomic E-state index is 12.7. The quantitative estimate of drug-likeness (QED) is 0.885. The molecule has 0 unspecified atom stereocenters. The smallest absolute Gasteiger partial charge is 0.223 e. The highest BCUT2D eigenvalue weighted by Crippen LogP contribution is 2.25. The summed E-state index contributed by atoms with van der Waals surface area (Å²) in [6.45, 7) is 6.99. The Bertz CT molecular complexity index is 797. The summed E-state index contributed by atoms with van der Waals surface area (Å²) in [4.78, 5) is 15.2. The summed E-state index contributed by atoms with van der Waals surface area (Å²) in [6, 6.07) is 10.7. The summed E-state index contributed by atoms with van der Waals surface area (Å²) >= 11 is 0. The predicted octanol–water partition coefficient (Wildman–Crippen LogP) is 2.92. The number of nitrogens with zero attached hydrogens (tertiary/aromatic N) is 3. The molecule has 1 aromatic heterocycles. The Hall–Kier alpha value is -2.14. The van der Waals surface area contributed by atoms with Gasteiger partial charge < -0.3 is 5.32 Å². The molecular weight excluding hydrogens is 336 g/mol. The number of benzene rings is 1. The molecular formula is C22H30N4O. The molecule has 1 atom stereocenters. The molecule has 27 heavy (non-hydrogen) atoms. The number of carbonyl (C=O) groups excluding carboxylic acids is 1. The van der Waals surface area contributed by atoms with Crippen molar-refractivity contribution in [1.82, 2.24) is 20.0 Å². The highest BCUT2D eigenvalue weighted by Gasteiger charge is 2.24. The third kappa shape index (κ3) is 4.24. The lowest BCUT2D eigenvalue weighted by atomic mass is 9.83. The van der Waals surface area contributed by atoms with Crippen LogP contribution in [0.25, 0.3) is 0 Å². The fraction of sp³-hybridized carbons (Fsp3) is 0.545. The maximum absolute atomic E-state index is 12.7. The number of hydrogen-bond donors (Lipinski definition) is 1. The van der Waals surface area contributed by atoms with Crippen LogP contribution in [-0.2, 0) is 37.3 Å². The van der Waals surface area contributed by atoms with Gasteiger partial charge in [0.05, 0.1) is 17.9 Å². The Morgan fingerprint density at radius 2 is 2.11 bits per heavy atom. The molecule has 2 heterocycles. The van der Waals surface area contributed by atoms with Gasteiger partial charge in [0.2, 0.25) is 5.91 Å². The zero-order valence-electron chi connectivity index (χ0n) is 16.3. The summed E-state index contributed by atoms with van der Waals surface area (Å²) < 4.78 is 2.13. The van der Waals surface area contributed by atoms with E-state index in [2.05, 4.69) is 52.2 Å². The Morgan fingerprint density at radius 3 is 2.96 bits per heavy atom. The van der Waals surface area contributed by atoms with E-state index in [1.54, 1.807) is 0 Å². The second kappa shape index (κ2) is 8.26. The zero-order chi connectivity index (χ0) is 18.6. The van der Waals surface area contributed by atoms with E-state index in [0.29, 0.717) is 6.54 Å². The monoisotopic (exact) mass is 366 g/mol. The average molecular weight is 367 g/mol. The molecule has 1 aromatic carbocycles. The molecule has 144 valence electrons. The number of fused-ring (bicyclic) bond motifs is 2. The molecule has 4 rings (SSSR count). The van der Waals surface area contributed by atoms with Crippen molar-refractivity contribution < 1.29 is 4.79 Å². The van der Waals surface area contributed by atoms with E-state index in [9.17, 15) is 4.79 Å². The van der Waals surface area contributed by atoms with E-state index in [4.69, 9.17) is 5.10 Å². The summed E-state index contributed by atoms with van der Waals surface area (Å²) in [7, 11) is 0. The zero-order valence-corrected chi connectivity index (χ0v) is 16.3. The first-order valence-corrected chi connectivity index (χ1v) is 10.4. The molecule has 5 nitrogen and oxygen atoms in total. The first-order chi connectivity index (χ1) is 13.2. The van der Waals surface area contributed by atoms with Gasteiger partial charge in [-0.05, 0) is 55.8 Å². The van der Waals surface area contributed by atoms with Crippen molar-refractivity contribution in [3.05, 3.63) is 52.8 Å².